The second kappa shape index (κ2) is 5.21. The predicted molar refractivity (Wildman–Crippen MR) is 50.7 cm³/mol. The molecule has 0 radical (unpaired) electrons. The van der Waals surface area contributed by atoms with Crippen LogP contribution in [0.5, 0.6) is 0 Å². The number of carbonyl (C=O) groups excluding carboxylic acids is 2. The third-order valence-corrected chi connectivity index (χ3v) is 2.33. The maximum absolute atomic E-state index is 11.1. The van der Waals surface area contributed by atoms with E-state index in [1.54, 1.807) is 0 Å². The molecule has 7 nitrogen and oxygen atoms in total. The van der Waals surface area contributed by atoms with E-state index in [1.165, 1.54) is 7.11 Å². The van der Waals surface area contributed by atoms with Gasteiger partial charge in [0.05, 0.1) is 13.0 Å². The van der Waals surface area contributed by atoms with Gasteiger partial charge in [-0.1, -0.05) is 5.11 Å². The molecule has 2 atom stereocenters. The van der Waals surface area contributed by atoms with Crippen molar-refractivity contribution in [3.05, 3.63) is 10.4 Å². The summed E-state index contributed by atoms with van der Waals surface area (Å²) in [6.45, 7) is 0.341. The Morgan fingerprint density at radius 3 is 3.00 bits per heavy atom. The third-order valence-electron chi connectivity index (χ3n) is 2.33. The Kier molecular flexibility index (Phi) is 3.93. The van der Waals surface area contributed by atoms with Gasteiger partial charge in [-0.15, -0.1) is 0 Å². The fraction of sp³-hybridized carbons (Fsp3) is 0.750. The van der Waals surface area contributed by atoms with Gasteiger partial charge in [-0.25, -0.2) is 4.79 Å². The number of β-lactam (4-membered cyclic amide) rings is 1. The summed E-state index contributed by atoms with van der Waals surface area (Å²) in [4.78, 5) is 24.8. The van der Waals surface area contributed by atoms with Crippen molar-refractivity contribution >= 4 is 11.9 Å². The fourth-order valence-electron chi connectivity index (χ4n) is 1.49. The summed E-state index contributed by atoms with van der Waals surface area (Å²) in [5.74, 6) is -0.916. The highest BCUT2D eigenvalue weighted by Crippen LogP contribution is 2.21. The molecule has 1 aliphatic heterocycles. The van der Waals surface area contributed by atoms with Crippen molar-refractivity contribution in [2.24, 2.45) is 11.0 Å². The van der Waals surface area contributed by atoms with Crippen LogP contribution >= 0.6 is 0 Å². The van der Waals surface area contributed by atoms with Crippen LogP contribution in [-0.2, 0) is 14.3 Å². The number of nitrogens with one attached hydrogen (secondary N) is 1. The summed E-state index contributed by atoms with van der Waals surface area (Å²) >= 11 is 0. The van der Waals surface area contributed by atoms with Crippen LogP contribution in [0.1, 0.15) is 12.8 Å². The summed E-state index contributed by atoms with van der Waals surface area (Å²) in [5, 5.41) is 5.82. The smallest absolute Gasteiger partial charge is 0.329 e. The molecule has 0 spiro atoms. The van der Waals surface area contributed by atoms with E-state index in [0.29, 0.717) is 19.4 Å². The van der Waals surface area contributed by atoms with E-state index in [2.05, 4.69) is 20.1 Å². The van der Waals surface area contributed by atoms with Crippen LogP contribution in [0.15, 0.2) is 5.11 Å². The molecular formula is C8H12N4O3. The lowest BCUT2D eigenvalue weighted by molar-refractivity contribution is -0.155. The number of azide groups is 1. The zero-order valence-corrected chi connectivity index (χ0v) is 8.34. The van der Waals surface area contributed by atoms with Crippen LogP contribution in [-0.4, -0.2) is 31.6 Å². The van der Waals surface area contributed by atoms with E-state index < -0.39 is 12.0 Å². The molecule has 0 aromatic rings. The van der Waals surface area contributed by atoms with E-state index in [4.69, 9.17) is 5.53 Å². The Morgan fingerprint density at radius 2 is 2.47 bits per heavy atom. The zero-order valence-electron chi connectivity index (χ0n) is 8.34. The summed E-state index contributed by atoms with van der Waals surface area (Å²) in [7, 11) is 1.28. The van der Waals surface area contributed by atoms with Crippen molar-refractivity contribution in [1.29, 1.82) is 0 Å². The molecule has 1 rings (SSSR count). The van der Waals surface area contributed by atoms with Crippen LogP contribution in [0.3, 0.4) is 0 Å². The molecule has 0 unspecified atom stereocenters. The minimum atomic E-state index is -0.534. The highest BCUT2D eigenvalue weighted by Gasteiger charge is 2.43. The first-order valence-electron chi connectivity index (χ1n) is 4.59. The summed E-state index contributed by atoms with van der Waals surface area (Å²) < 4.78 is 4.52. The van der Waals surface area contributed by atoms with Crippen LogP contribution in [0, 0.1) is 5.92 Å². The van der Waals surface area contributed by atoms with E-state index in [-0.39, 0.29) is 11.8 Å². The van der Waals surface area contributed by atoms with E-state index in [0.717, 1.165) is 0 Å². The van der Waals surface area contributed by atoms with Crippen molar-refractivity contribution in [2.45, 2.75) is 18.9 Å². The number of nitrogens with zero attached hydrogens (tertiary/aromatic N) is 3. The van der Waals surface area contributed by atoms with Gasteiger partial charge < -0.3 is 10.1 Å². The van der Waals surface area contributed by atoms with Crippen LogP contribution in [0.25, 0.3) is 10.4 Å². The van der Waals surface area contributed by atoms with E-state index in [1.807, 2.05) is 0 Å². The minimum Gasteiger partial charge on any atom is -0.467 e. The molecule has 0 bridgehead atoms. The monoisotopic (exact) mass is 212 g/mol. The first-order chi connectivity index (χ1) is 7.20. The molecule has 7 heteroatoms. The Labute approximate surface area is 86.4 Å². The van der Waals surface area contributed by atoms with E-state index in [9.17, 15) is 9.59 Å². The Hall–Kier alpha value is -1.75. The first-order valence-corrected chi connectivity index (χ1v) is 4.59. The second-order valence-electron chi connectivity index (χ2n) is 3.21. The molecule has 1 aliphatic rings. The number of ether oxygens (including phenoxy) is 1. The predicted octanol–water partition coefficient (Wildman–Crippen LogP) is 0.364. The molecule has 0 aromatic carbocycles. The molecule has 1 fully saturated rings. The second-order valence-corrected chi connectivity index (χ2v) is 3.21. The standard InChI is InChI=1S/C8H12N4O3/c1-15-8(14)6-5(7(13)11-6)3-2-4-10-12-9/h5-6H,2-4H2,1H3,(H,11,13)/t5-,6+/m0/s1. The molecule has 15 heavy (non-hydrogen) atoms. The average molecular weight is 212 g/mol. The topological polar surface area (TPSA) is 104 Å². The zero-order chi connectivity index (χ0) is 11.3. The number of methoxy groups -OCH3 is 1. The molecule has 0 saturated carbocycles. The number of hydrogen-bond donors (Lipinski definition) is 1. The van der Waals surface area contributed by atoms with Crippen molar-refractivity contribution in [3.63, 3.8) is 0 Å². The van der Waals surface area contributed by atoms with Gasteiger partial charge in [0.15, 0.2) is 0 Å². The molecule has 1 N–H and O–H groups in total. The van der Waals surface area contributed by atoms with Gasteiger partial charge in [0.2, 0.25) is 5.91 Å². The summed E-state index contributed by atoms with van der Waals surface area (Å²) in [6, 6.07) is -0.534. The molecular weight excluding hydrogens is 200 g/mol. The van der Waals surface area contributed by atoms with Crippen molar-refractivity contribution < 1.29 is 14.3 Å². The summed E-state index contributed by atoms with van der Waals surface area (Å²) in [6.07, 6.45) is 1.13. The highest BCUT2D eigenvalue weighted by molar-refractivity contribution is 5.97. The number of esters is 1. The molecule has 1 heterocycles. The Balaban J connectivity index is 2.35. The lowest BCUT2D eigenvalue weighted by Gasteiger charge is -2.34. The van der Waals surface area contributed by atoms with Gasteiger partial charge in [-0.3, -0.25) is 4.79 Å². The lowest BCUT2D eigenvalue weighted by Crippen LogP contribution is -2.62. The number of amides is 1. The van der Waals surface area contributed by atoms with Gasteiger partial charge in [-0.2, -0.15) is 0 Å². The molecule has 0 aromatic heterocycles. The van der Waals surface area contributed by atoms with E-state index >= 15 is 0 Å². The first kappa shape index (κ1) is 11.3. The number of carbonyl (C=O) groups is 2. The van der Waals surface area contributed by atoms with Gasteiger partial charge in [-0.05, 0) is 18.4 Å². The Bertz CT molecular complexity index is 311. The number of hydrogen-bond acceptors (Lipinski definition) is 4. The average Bonchev–Trinajstić information content (AvgIpc) is 2.24. The highest BCUT2D eigenvalue weighted by atomic mass is 16.5. The maximum atomic E-state index is 11.1. The van der Waals surface area contributed by atoms with Gasteiger partial charge in [0, 0.05) is 11.5 Å². The van der Waals surface area contributed by atoms with Gasteiger partial charge in [0.1, 0.15) is 6.04 Å². The minimum absolute atomic E-state index is 0.147. The maximum Gasteiger partial charge on any atom is 0.329 e. The largest absolute Gasteiger partial charge is 0.467 e. The lowest BCUT2D eigenvalue weighted by atomic mass is 9.86. The molecule has 1 saturated heterocycles. The summed E-state index contributed by atoms with van der Waals surface area (Å²) in [5.41, 5.74) is 8.04. The Morgan fingerprint density at radius 1 is 1.73 bits per heavy atom. The third kappa shape index (κ3) is 2.60. The normalized spacial score (nSPS) is 23.4. The van der Waals surface area contributed by atoms with Crippen molar-refractivity contribution in [2.75, 3.05) is 13.7 Å². The molecule has 82 valence electrons. The molecule has 0 aliphatic carbocycles. The van der Waals surface area contributed by atoms with Crippen LogP contribution in [0.4, 0.5) is 0 Å². The van der Waals surface area contributed by atoms with Crippen molar-refractivity contribution in [3.8, 4) is 0 Å². The quantitative estimate of drug-likeness (QED) is 0.178. The van der Waals surface area contributed by atoms with Gasteiger partial charge >= 0.3 is 5.97 Å². The fourth-order valence-corrected chi connectivity index (χ4v) is 1.49. The van der Waals surface area contributed by atoms with Gasteiger partial charge in [0.25, 0.3) is 0 Å². The van der Waals surface area contributed by atoms with Crippen molar-refractivity contribution in [1.82, 2.24) is 5.32 Å². The number of rotatable bonds is 5. The van der Waals surface area contributed by atoms with Crippen LogP contribution in [0.2, 0.25) is 0 Å². The SMILES string of the molecule is COC(=O)[C@@H]1NC(=O)[C@H]1CCCN=[N+]=[N-]. The van der Waals surface area contributed by atoms with Crippen LogP contribution < -0.4 is 5.32 Å². The molecule has 1 amide bonds.